The van der Waals surface area contributed by atoms with Gasteiger partial charge in [-0.25, -0.2) is 14.7 Å². The van der Waals surface area contributed by atoms with E-state index in [4.69, 9.17) is 19.7 Å². The van der Waals surface area contributed by atoms with Crippen molar-refractivity contribution in [3.63, 3.8) is 0 Å². The minimum Gasteiger partial charge on any atom is -0.494 e. The van der Waals surface area contributed by atoms with Gasteiger partial charge >= 0.3 is 0 Å². The van der Waals surface area contributed by atoms with Crippen LogP contribution in [0.25, 0.3) is 27.5 Å². The number of hydroxylamine groups is 2. The molecule has 1 aromatic carbocycles. The molecule has 9 nitrogen and oxygen atoms in total. The first kappa shape index (κ1) is 24.8. The topological polar surface area (TPSA) is 99.4 Å². The largest absolute Gasteiger partial charge is 0.494 e. The van der Waals surface area contributed by atoms with Crippen molar-refractivity contribution >= 4 is 23.0 Å². The quantitative estimate of drug-likeness (QED) is 0.338. The first-order valence-electron chi connectivity index (χ1n) is 11.8. The number of ether oxygens (including phenoxy) is 1. The highest BCUT2D eigenvalue weighted by Crippen LogP contribution is 2.44. The van der Waals surface area contributed by atoms with Crippen molar-refractivity contribution in [2.75, 3.05) is 21.3 Å². The third-order valence-electron chi connectivity index (χ3n) is 6.35. The maximum atomic E-state index is 12.7. The fraction of sp³-hybridized carbons (Fsp3) is 0.296. The lowest BCUT2D eigenvalue weighted by Gasteiger charge is -2.17. The van der Waals surface area contributed by atoms with Crippen LogP contribution in [0.15, 0.2) is 36.5 Å². The Labute approximate surface area is 218 Å². The summed E-state index contributed by atoms with van der Waals surface area (Å²) in [6.45, 7) is 3.53. The van der Waals surface area contributed by atoms with Crippen LogP contribution < -0.4 is 4.74 Å². The van der Waals surface area contributed by atoms with E-state index >= 15 is 0 Å². The lowest BCUT2D eigenvalue weighted by atomic mass is 9.95. The van der Waals surface area contributed by atoms with Crippen molar-refractivity contribution < 1.29 is 19.2 Å². The molecule has 0 atom stereocenters. The van der Waals surface area contributed by atoms with Crippen LogP contribution in [0.2, 0.25) is 0 Å². The lowest BCUT2D eigenvalue weighted by molar-refractivity contribution is -0.116. The van der Waals surface area contributed by atoms with Crippen LogP contribution >= 0.6 is 11.3 Å². The molecule has 3 aromatic heterocycles. The molecule has 0 unspecified atom stereocenters. The Hall–Kier alpha value is -3.89. The zero-order chi connectivity index (χ0) is 26.3. The van der Waals surface area contributed by atoms with Crippen molar-refractivity contribution in [3.05, 3.63) is 64.1 Å². The summed E-state index contributed by atoms with van der Waals surface area (Å²) < 4.78 is 7.60. The standard InChI is InChI=1S/C27H27N5O4S/c1-15-6-7-18(14-28-15)24-19-9-10-20-26(37-23(29-20)12-16(2)33)25(19)32(30-24)21-11-8-17(13-22(21)35-4)27(34)31(3)36-5/h6-8,11,13-14H,9-10,12H2,1-5H3. The van der Waals surface area contributed by atoms with Gasteiger partial charge in [-0.3, -0.25) is 19.4 Å². The number of hydrogen-bond donors (Lipinski definition) is 0. The summed E-state index contributed by atoms with van der Waals surface area (Å²) in [7, 11) is 4.56. The van der Waals surface area contributed by atoms with Gasteiger partial charge in [-0.1, -0.05) is 0 Å². The number of carbonyl (C=O) groups is 2. The van der Waals surface area contributed by atoms with Gasteiger partial charge in [0.2, 0.25) is 0 Å². The third kappa shape index (κ3) is 4.54. The number of amides is 1. The maximum absolute atomic E-state index is 12.7. The van der Waals surface area contributed by atoms with E-state index in [1.807, 2.05) is 36.0 Å². The highest BCUT2D eigenvalue weighted by molar-refractivity contribution is 7.15. The van der Waals surface area contributed by atoms with Crippen LogP contribution in [0.5, 0.6) is 5.75 Å². The minimum atomic E-state index is -0.292. The molecule has 1 amide bonds. The molecular weight excluding hydrogens is 490 g/mol. The molecule has 1 aliphatic carbocycles. The summed E-state index contributed by atoms with van der Waals surface area (Å²) in [5.74, 6) is 0.281. The molecule has 37 heavy (non-hydrogen) atoms. The molecule has 10 heteroatoms. The number of benzene rings is 1. The fourth-order valence-electron chi connectivity index (χ4n) is 4.47. The van der Waals surface area contributed by atoms with Crippen LogP contribution in [-0.2, 0) is 28.9 Å². The molecule has 0 fully saturated rings. The Morgan fingerprint density at radius 1 is 1.16 bits per heavy atom. The highest BCUT2D eigenvalue weighted by atomic mass is 32.1. The molecule has 0 saturated carbocycles. The van der Waals surface area contributed by atoms with Crippen LogP contribution in [0, 0.1) is 6.92 Å². The Bertz CT molecular complexity index is 1510. The van der Waals surface area contributed by atoms with E-state index in [1.165, 1.54) is 18.4 Å². The number of aromatic nitrogens is 4. The van der Waals surface area contributed by atoms with Crippen LogP contribution in [0.1, 0.15) is 39.2 Å². The Balaban J connectivity index is 1.71. The number of nitrogens with zero attached hydrogens (tertiary/aromatic N) is 5. The number of hydrogen-bond acceptors (Lipinski definition) is 8. The Kier molecular flexibility index (Phi) is 6.61. The average molecular weight is 518 g/mol. The zero-order valence-corrected chi connectivity index (χ0v) is 22.2. The molecule has 0 spiro atoms. The minimum absolute atomic E-state index is 0.0780. The van der Waals surface area contributed by atoms with Gasteiger partial charge in [0.15, 0.2) is 0 Å². The van der Waals surface area contributed by atoms with E-state index in [0.717, 1.165) is 61.7 Å². The number of fused-ring (bicyclic) bond motifs is 3. The van der Waals surface area contributed by atoms with E-state index in [2.05, 4.69) is 4.98 Å². The first-order chi connectivity index (χ1) is 17.8. The normalized spacial score (nSPS) is 12.1. The number of methoxy groups -OCH3 is 1. The Morgan fingerprint density at radius 2 is 1.97 bits per heavy atom. The third-order valence-corrected chi connectivity index (χ3v) is 7.46. The van der Waals surface area contributed by atoms with Gasteiger partial charge in [-0.05, 0) is 57.0 Å². The van der Waals surface area contributed by atoms with Gasteiger partial charge in [-0.15, -0.1) is 11.3 Å². The second-order valence-electron chi connectivity index (χ2n) is 8.91. The molecule has 190 valence electrons. The van der Waals surface area contributed by atoms with Crippen LogP contribution in [0.4, 0.5) is 0 Å². The number of aryl methyl sites for hydroxylation is 2. The number of carbonyl (C=O) groups excluding carboxylic acids is 2. The van der Waals surface area contributed by atoms with E-state index in [-0.39, 0.29) is 11.7 Å². The van der Waals surface area contributed by atoms with Crippen molar-refractivity contribution in [1.82, 2.24) is 24.8 Å². The van der Waals surface area contributed by atoms with Gasteiger partial charge in [0.05, 0.1) is 42.6 Å². The van der Waals surface area contributed by atoms with E-state index in [0.29, 0.717) is 23.4 Å². The second kappa shape index (κ2) is 9.87. The number of rotatable bonds is 7. The highest BCUT2D eigenvalue weighted by Gasteiger charge is 2.31. The summed E-state index contributed by atoms with van der Waals surface area (Å²) in [5.41, 5.74) is 6.80. The Morgan fingerprint density at radius 3 is 2.65 bits per heavy atom. The molecule has 4 aromatic rings. The van der Waals surface area contributed by atoms with Gasteiger partial charge in [0.25, 0.3) is 5.91 Å². The summed E-state index contributed by atoms with van der Waals surface area (Å²) in [5, 5.41) is 7.01. The summed E-state index contributed by atoms with van der Waals surface area (Å²) in [4.78, 5) is 39.8. The fourth-order valence-corrected chi connectivity index (χ4v) is 5.71. The predicted octanol–water partition coefficient (Wildman–Crippen LogP) is 4.24. The van der Waals surface area contributed by atoms with Gasteiger partial charge < -0.3 is 4.74 Å². The number of thiazole rings is 1. The van der Waals surface area contributed by atoms with Crippen LogP contribution in [0.3, 0.4) is 0 Å². The molecule has 0 saturated heterocycles. The molecule has 0 aliphatic heterocycles. The van der Waals surface area contributed by atoms with Crippen molar-refractivity contribution in [2.24, 2.45) is 0 Å². The molecule has 1 aliphatic rings. The van der Waals surface area contributed by atoms with Gasteiger partial charge in [-0.2, -0.15) is 5.10 Å². The predicted molar refractivity (Wildman–Crippen MR) is 140 cm³/mol. The van der Waals surface area contributed by atoms with Gasteiger partial charge in [0.1, 0.15) is 22.2 Å². The SMILES string of the molecule is COc1cc(C(=O)N(C)OC)ccc1-n1nc(-c2ccc(C)nc2)c2c1-c1sc(CC(C)=O)nc1CC2. The zero-order valence-electron chi connectivity index (χ0n) is 21.4. The average Bonchev–Trinajstić information content (AvgIpc) is 3.48. The molecular formula is C27H27N5O4S. The monoisotopic (exact) mass is 517 g/mol. The van der Waals surface area contributed by atoms with Gasteiger partial charge in [0, 0.05) is 35.6 Å². The van der Waals surface area contributed by atoms with Crippen molar-refractivity contribution in [1.29, 1.82) is 0 Å². The van der Waals surface area contributed by atoms with Crippen molar-refractivity contribution in [2.45, 2.75) is 33.1 Å². The number of Topliss-reactive ketones (excluding diaryl/α,β-unsaturated/α-hetero) is 1. The van der Waals surface area contributed by atoms with E-state index < -0.39 is 0 Å². The number of pyridine rings is 1. The summed E-state index contributed by atoms with van der Waals surface area (Å²) in [6, 6.07) is 9.24. The van der Waals surface area contributed by atoms with E-state index in [9.17, 15) is 9.59 Å². The van der Waals surface area contributed by atoms with Crippen LogP contribution in [-0.4, -0.2) is 57.8 Å². The number of ketones is 1. The summed E-state index contributed by atoms with van der Waals surface area (Å²) in [6.07, 6.45) is 3.67. The van der Waals surface area contributed by atoms with E-state index in [1.54, 1.807) is 33.2 Å². The molecule has 0 radical (unpaired) electrons. The summed E-state index contributed by atoms with van der Waals surface area (Å²) >= 11 is 1.53. The van der Waals surface area contributed by atoms with Crippen molar-refractivity contribution in [3.8, 4) is 33.3 Å². The molecule has 3 heterocycles. The first-order valence-corrected chi connectivity index (χ1v) is 12.7. The second-order valence-corrected chi connectivity index (χ2v) is 9.99. The lowest BCUT2D eigenvalue weighted by Crippen LogP contribution is -2.25. The maximum Gasteiger partial charge on any atom is 0.277 e. The smallest absolute Gasteiger partial charge is 0.277 e. The molecule has 0 N–H and O–H groups in total. The molecule has 5 rings (SSSR count). The molecule has 0 bridgehead atoms.